The SMILES string of the molecule is CN(C)Cc1[c-]cccc1.[C-]#N.[Cu+].[Li+]. The molecule has 0 atom stereocenters. The second-order valence-corrected chi connectivity index (χ2v) is 2.63. The molecule has 1 aromatic carbocycles. The number of hydrogen-bond donors (Lipinski definition) is 0. The van der Waals surface area contributed by atoms with Gasteiger partial charge in [-0.3, -0.25) is 0 Å². The average molecular weight is 231 g/mol. The van der Waals surface area contributed by atoms with Gasteiger partial charge in [-0.15, -0.1) is 5.56 Å². The summed E-state index contributed by atoms with van der Waals surface area (Å²) in [5.41, 5.74) is 1.24. The third-order valence-corrected chi connectivity index (χ3v) is 1.26. The van der Waals surface area contributed by atoms with Gasteiger partial charge in [-0.05, 0) is 14.1 Å². The van der Waals surface area contributed by atoms with E-state index in [4.69, 9.17) is 11.8 Å². The van der Waals surface area contributed by atoms with Gasteiger partial charge in [-0.25, -0.2) is 0 Å². The van der Waals surface area contributed by atoms with E-state index in [-0.39, 0.29) is 35.9 Å². The fourth-order valence-electron chi connectivity index (χ4n) is 0.870. The molecule has 1 aromatic rings. The van der Waals surface area contributed by atoms with Gasteiger partial charge in [0, 0.05) is 6.54 Å². The Kier molecular flexibility index (Phi) is 17.7. The molecule has 0 heterocycles. The zero-order chi connectivity index (χ0) is 9.40. The molecule has 0 aliphatic rings. The van der Waals surface area contributed by atoms with Crippen LogP contribution in [0.3, 0.4) is 0 Å². The van der Waals surface area contributed by atoms with E-state index in [1.807, 2.05) is 18.2 Å². The van der Waals surface area contributed by atoms with Crippen molar-refractivity contribution in [2.24, 2.45) is 0 Å². The van der Waals surface area contributed by atoms with E-state index in [2.05, 4.69) is 31.1 Å². The maximum absolute atomic E-state index is 6.25. The molecule has 0 N–H and O–H groups in total. The van der Waals surface area contributed by atoms with E-state index in [1.54, 1.807) is 0 Å². The number of nitrogens with zero attached hydrogens (tertiary/aromatic N) is 2. The molecule has 0 radical (unpaired) electrons. The minimum absolute atomic E-state index is 0. The maximum Gasteiger partial charge on any atom is 1.00 e. The van der Waals surface area contributed by atoms with Crippen LogP contribution < -0.4 is 18.9 Å². The van der Waals surface area contributed by atoms with E-state index >= 15 is 0 Å². The summed E-state index contributed by atoms with van der Waals surface area (Å²) in [6, 6.07) is 11.2. The fraction of sp³-hybridized carbons (Fsp3) is 0.300. The summed E-state index contributed by atoms with van der Waals surface area (Å²) in [6.45, 7) is 5.72. The van der Waals surface area contributed by atoms with Crippen LogP contribution in [0.5, 0.6) is 0 Å². The summed E-state index contributed by atoms with van der Waals surface area (Å²) in [7, 11) is 4.11. The molecule has 0 aliphatic heterocycles. The average Bonchev–Trinajstić information content (AvgIpc) is 2.08. The van der Waals surface area contributed by atoms with Crippen LogP contribution in [0.4, 0.5) is 0 Å². The topological polar surface area (TPSA) is 27.0 Å². The quantitative estimate of drug-likeness (QED) is 0.464. The van der Waals surface area contributed by atoms with Crippen LogP contribution in [-0.2, 0) is 23.6 Å². The van der Waals surface area contributed by atoms with E-state index in [0.29, 0.717) is 0 Å². The molecule has 0 aliphatic carbocycles. The summed E-state index contributed by atoms with van der Waals surface area (Å²) in [6.07, 6.45) is 0. The van der Waals surface area contributed by atoms with Gasteiger partial charge in [0.05, 0.1) is 0 Å². The molecule has 0 unspecified atom stereocenters. The van der Waals surface area contributed by atoms with Crippen LogP contribution >= 0.6 is 0 Å². The van der Waals surface area contributed by atoms with Crippen LogP contribution in [0, 0.1) is 17.9 Å². The second-order valence-electron chi connectivity index (χ2n) is 2.63. The zero-order valence-corrected chi connectivity index (χ0v) is 9.65. The van der Waals surface area contributed by atoms with Gasteiger partial charge in [0.15, 0.2) is 0 Å². The van der Waals surface area contributed by atoms with Gasteiger partial charge in [-0.1, -0.05) is 0 Å². The smallest absolute Gasteiger partial charge is 0.512 e. The summed E-state index contributed by atoms with van der Waals surface area (Å²) < 4.78 is 0. The first-order valence-corrected chi connectivity index (χ1v) is 3.62. The molecule has 0 spiro atoms. The molecule has 0 amide bonds. The van der Waals surface area contributed by atoms with Crippen LogP contribution in [0.25, 0.3) is 0 Å². The van der Waals surface area contributed by atoms with Crippen molar-refractivity contribution < 1.29 is 35.9 Å². The second kappa shape index (κ2) is 12.8. The summed E-state index contributed by atoms with van der Waals surface area (Å²) in [4.78, 5) is 2.13. The molecular weight excluding hydrogens is 219 g/mol. The largest absolute Gasteiger partial charge is 1.00 e. The molecule has 4 heteroatoms. The Hall–Kier alpha value is -0.213. The van der Waals surface area contributed by atoms with Crippen LogP contribution in [0.15, 0.2) is 24.3 Å². The van der Waals surface area contributed by atoms with Gasteiger partial charge < -0.3 is 16.7 Å². The van der Waals surface area contributed by atoms with Crippen LogP contribution in [-0.4, -0.2) is 19.0 Å². The maximum atomic E-state index is 6.25. The van der Waals surface area contributed by atoms with Gasteiger partial charge in [0.2, 0.25) is 0 Å². The predicted octanol–water partition coefficient (Wildman–Crippen LogP) is -1.35. The predicted molar refractivity (Wildman–Crippen MR) is 47.6 cm³/mol. The third kappa shape index (κ3) is 9.87. The molecule has 0 fully saturated rings. The number of benzene rings is 1. The third-order valence-electron chi connectivity index (χ3n) is 1.26. The van der Waals surface area contributed by atoms with Crippen molar-refractivity contribution >= 4 is 0 Å². The first-order valence-electron chi connectivity index (χ1n) is 3.62. The van der Waals surface area contributed by atoms with Gasteiger partial charge in [0.25, 0.3) is 0 Å². The fourth-order valence-corrected chi connectivity index (χ4v) is 0.870. The number of rotatable bonds is 2. The monoisotopic (exact) mass is 230 g/mol. The Morgan fingerprint density at radius 1 is 1.36 bits per heavy atom. The first-order chi connectivity index (χ1) is 5.79. The van der Waals surface area contributed by atoms with Crippen molar-refractivity contribution in [2.45, 2.75) is 6.54 Å². The van der Waals surface area contributed by atoms with Gasteiger partial charge >= 0.3 is 35.9 Å². The van der Waals surface area contributed by atoms with Crippen molar-refractivity contribution in [1.82, 2.24) is 4.90 Å². The van der Waals surface area contributed by atoms with E-state index in [1.165, 1.54) is 5.56 Å². The first kappa shape index (κ1) is 19.4. The van der Waals surface area contributed by atoms with Gasteiger partial charge in [-0.2, -0.15) is 30.3 Å². The molecular formula is C10H12CuLiN2. The summed E-state index contributed by atoms with van der Waals surface area (Å²) >= 11 is 0. The summed E-state index contributed by atoms with van der Waals surface area (Å²) in [5.74, 6) is 0. The van der Waals surface area contributed by atoms with Gasteiger partial charge in [0.1, 0.15) is 0 Å². The molecule has 1 rings (SSSR count). The normalized spacial score (nSPS) is 7.50. The van der Waals surface area contributed by atoms with E-state index in [9.17, 15) is 0 Å². The Balaban J connectivity index is -0.000000284. The molecule has 14 heavy (non-hydrogen) atoms. The molecule has 2 nitrogen and oxygen atoms in total. The van der Waals surface area contributed by atoms with Crippen molar-refractivity contribution in [3.05, 3.63) is 42.5 Å². The Labute approximate surface area is 109 Å². The minimum Gasteiger partial charge on any atom is -0.512 e. The van der Waals surface area contributed by atoms with Crippen LogP contribution in [0.1, 0.15) is 5.56 Å². The molecule has 74 valence electrons. The zero-order valence-electron chi connectivity index (χ0n) is 8.71. The van der Waals surface area contributed by atoms with E-state index in [0.717, 1.165) is 6.54 Å². The molecule has 0 saturated carbocycles. The Bertz CT molecular complexity index is 224. The van der Waals surface area contributed by atoms with E-state index < -0.39 is 0 Å². The minimum atomic E-state index is 0. The summed E-state index contributed by atoms with van der Waals surface area (Å²) in [5, 5.41) is 6.25. The van der Waals surface area contributed by atoms with Crippen molar-refractivity contribution in [2.75, 3.05) is 14.1 Å². The molecule has 0 bridgehead atoms. The Morgan fingerprint density at radius 3 is 2.29 bits per heavy atom. The standard InChI is InChI=1S/C9H12N.CN.Cu.Li/c1-10(2)8-9-6-4-3-5-7-9;1-2;;/h3-6H,8H2,1-2H3;;;/q2*-1;2*+1. The van der Waals surface area contributed by atoms with Crippen molar-refractivity contribution in [3.63, 3.8) is 0 Å². The van der Waals surface area contributed by atoms with Crippen molar-refractivity contribution in [3.8, 4) is 0 Å². The van der Waals surface area contributed by atoms with Crippen molar-refractivity contribution in [1.29, 1.82) is 5.26 Å². The van der Waals surface area contributed by atoms with Crippen LogP contribution in [0.2, 0.25) is 0 Å². The molecule has 0 saturated heterocycles. The number of hydrogen-bond acceptors (Lipinski definition) is 2. The Morgan fingerprint density at radius 2 is 1.93 bits per heavy atom. The molecule has 0 aromatic heterocycles.